The molecule has 0 saturated heterocycles. The third kappa shape index (κ3) is 2.95. The van der Waals surface area contributed by atoms with Crippen molar-refractivity contribution in [2.24, 2.45) is 0 Å². The molecule has 2 aromatic rings. The van der Waals surface area contributed by atoms with E-state index in [1.54, 1.807) is 12.1 Å². The van der Waals surface area contributed by atoms with E-state index in [0.29, 0.717) is 5.76 Å². The molecule has 4 nitrogen and oxygen atoms in total. The summed E-state index contributed by atoms with van der Waals surface area (Å²) in [6.07, 6.45) is 1.36. The molecule has 1 aromatic carbocycles. The number of aromatic carboxylic acids is 1. The van der Waals surface area contributed by atoms with E-state index in [0.717, 1.165) is 10.0 Å². The Kier molecular flexibility index (Phi) is 4.73. The van der Waals surface area contributed by atoms with Gasteiger partial charge < -0.3 is 14.3 Å². The van der Waals surface area contributed by atoms with Crippen molar-refractivity contribution in [3.05, 3.63) is 40.8 Å². The molecule has 0 radical (unpaired) electrons. The van der Waals surface area contributed by atoms with Crippen LogP contribution in [0.15, 0.2) is 39.4 Å². The normalized spacial score (nSPS) is 9.56. The zero-order valence-electron chi connectivity index (χ0n) is 8.44. The molecule has 6 heteroatoms. The van der Waals surface area contributed by atoms with E-state index in [1.807, 2.05) is 12.1 Å². The van der Waals surface area contributed by atoms with E-state index in [1.165, 1.54) is 6.20 Å². The van der Waals surface area contributed by atoms with Gasteiger partial charge in [0.25, 0.3) is 0 Å². The number of carboxylic acid groups (broad SMARTS) is 1. The Morgan fingerprint density at radius 1 is 1.31 bits per heavy atom. The average Bonchev–Trinajstić information content (AvgIpc) is 2.68. The van der Waals surface area contributed by atoms with Gasteiger partial charge in [-0.2, -0.15) is 0 Å². The first kappa shape index (κ1) is 13.4. The maximum absolute atomic E-state index is 10.4. The first-order valence-corrected chi connectivity index (χ1v) is 4.89. The van der Waals surface area contributed by atoms with Gasteiger partial charge in [0, 0.05) is 10.0 Å². The Morgan fingerprint density at radius 2 is 1.94 bits per heavy atom. The summed E-state index contributed by atoms with van der Waals surface area (Å²) < 4.78 is 5.92. The maximum atomic E-state index is 10.4. The third-order valence-electron chi connectivity index (χ3n) is 1.81. The molecule has 16 heavy (non-hydrogen) atoms. The van der Waals surface area contributed by atoms with E-state index in [4.69, 9.17) is 4.42 Å². The minimum Gasteiger partial charge on any atom is -0.540 e. The number of aromatic nitrogens is 1. The molecule has 1 aromatic heterocycles. The molecule has 0 saturated carbocycles. The first-order chi connectivity index (χ1) is 7.16. The molecule has 0 unspecified atom stereocenters. The average molecular weight is 290 g/mol. The standard InChI is InChI=1S/C10H6BrNO3.Na/c11-7-3-1-6(2-4-7)8-5-12-9(15-8)10(13)14;/h1-5H,(H,13,14);/q;+1/p-1. The number of rotatable bonds is 2. The van der Waals surface area contributed by atoms with E-state index < -0.39 is 11.9 Å². The summed E-state index contributed by atoms with van der Waals surface area (Å²) >= 11 is 3.30. The van der Waals surface area contributed by atoms with Crippen molar-refractivity contribution in [1.29, 1.82) is 0 Å². The van der Waals surface area contributed by atoms with Crippen molar-refractivity contribution in [3.63, 3.8) is 0 Å². The van der Waals surface area contributed by atoms with Gasteiger partial charge in [-0.05, 0) is 12.1 Å². The number of benzene rings is 1. The van der Waals surface area contributed by atoms with Crippen LogP contribution < -0.4 is 34.7 Å². The molecule has 0 N–H and O–H groups in total. The molecule has 0 amide bonds. The van der Waals surface area contributed by atoms with Gasteiger partial charge in [-0.1, -0.05) is 28.1 Å². The van der Waals surface area contributed by atoms with Crippen LogP contribution in [0.25, 0.3) is 11.3 Å². The van der Waals surface area contributed by atoms with Crippen LogP contribution in [0.1, 0.15) is 10.7 Å². The van der Waals surface area contributed by atoms with Gasteiger partial charge in [-0.15, -0.1) is 0 Å². The zero-order chi connectivity index (χ0) is 10.8. The van der Waals surface area contributed by atoms with Crippen LogP contribution in [0.5, 0.6) is 0 Å². The Labute approximate surface area is 122 Å². The van der Waals surface area contributed by atoms with Crippen molar-refractivity contribution >= 4 is 21.9 Å². The van der Waals surface area contributed by atoms with Gasteiger partial charge in [0.15, 0.2) is 5.76 Å². The van der Waals surface area contributed by atoms with Crippen molar-refractivity contribution < 1.29 is 43.9 Å². The molecular weight excluding hydrogens is 285 g/mol. The van der Waals surface area contributed by atoms with Gasteiger partial charge in [-0.25, -0.2) is 4.98 Å². The van der Waals surface area contributed by atoms with Crippen molar-refractivity contribution in [2.45, 2.75) is 0 Å². The summed E-state index contributed by atoms with van der Waals surface area (Å²) in [6, 6.07) is 7.25. The molecular formula is C10H5BrNNaO3. The summed E-state index contributed by atoms with van der Waals surface area (Å²) in [5.41, 5.74) is 0.762. The molecule has 0 atom stereocenters. The van der Waals surface area contributed by atoms with Gasteiger partial charge in [0.05, 0.1) is 6.20 Å². The van der Waals surface area contributed by atoms with E-state index in [-0.39, 0.29) is 29.6 Å². The Morgan fingerprint density at radius 3 is 2.44 bits per heavy atom. The first-order valence-electron chi connectivity index (χ1n) is 4.10. The second kappa shape index (κ2) is 5.63. The molecule has 76 valence electrons. The summed E-state index contributed by atoms with van der Waals surface area (Å²) in [7, 11) is 0. The number of hydrogen-bond donors (Lipinski definition) is 0. The van der Waals surface area contributed by atoms with E-state index in [9.17, 15) is 9.90 Å². The monoisotopic (exact) mass is 289 g/mol. The van der Waals surface area contributed by atoms with Gasteiger partial charge in [0.2, 0.25) is 5.89 Å². The van der Waals surface area contributed by atoms with Crippen LogP contribution in [0.2, 0.25) is 0 Å². The topological polar surface area (TPSA) is 66.2 Å². The Balaban J connectivity index is 0.00000128. The van der Waals surface area contributed by atoms with E-state index in [2.05, 4.69) is 20.9 Å². The summed E-state index contributed by atoms with van der Waals surface area (Å²) in [6.45, 7) is 0. The zero-order valence-corrected chi connectivity index (χ0v) is 12.0. The third-order valence-corrected chi connectivity index (χ3v) is 2.34. The molecule has 0 aliphatic carbocycles. The maximum Gasteiger partial charge on any atom is 1.00 e. The van der Waals surface area contributed by atoms with Crippen LogP contribution in [0.4, 0.5) is 0 Å². The number of oxazole rings is 1. The predicted octanol–water partition coefficient (Wildman–Crippen LogP) is -1.53. The van der Waals surface area contributed by atoms with Gasteiger partial charge in [0.1, 0.15) is 5.97 Å². The van der Waals surface area contributed by atoms with Crippen LogP contribution in [0.3, 0.4) is 0 Å². The second-order valence-corrected chi connectivity index (χ2v) is 3.74. The molecule has 0 aliphatic heterocycles. The Hall–Kier alpha value is -0.620. The number of nitrogens with zero attached hydrogens (tertiary/aromatic N) is 1. The fourth-order valence-electron chi connectivity index (χ4n) is 1.12. The van der Waals surface area contributed by atoms with Crippen LogP contribution in [0, 0.1) is 0 Å². The SMILES string of the molecule is O=C([O-])c1ncc(-c2ccc(Br)cc2)o1.[Na+]. The number of carbonyl (C=O) groups excluding carboxylic acids is 1. The van der Waals surface area contributed by atoms with Crippen LogP contribution in [-0.2, 0) is 0 Å². The number of hydrogen-bond acceptors (Lipinski definition) is 4. The van der Waals surface area contributed by atoms with Crippen molar-refractivity contribution in [1.82, 2.24) is 4.98 Å². The fourth-order valence-corrected chi connectivity index (χ4v) is 1.38. The molecule has 1 heterocycles. The summed E-state index contributed by atoms with van der Waals surface area (Å²) in [5, 5.41) is 10.4. The van der Waals surface area contributed by atoms with Crippen LogP contribution in [-0.4, -0.2) is 11.0 Å². The Bertz CT molecular complexity index is 495. The molecule has 2 rings (SSSR count). The molecule has 0 spiro atoms. The largest absolute Gasteiger partial charge is 1.00 e. The predicted molar refractivity (Wildman–Crippen MR) is 54.0 cm³/mol. The number of carbonyl (C=O) groups is 1. The summed E-state index contributed by atoms with van der Waals surface area (Å²) in [4.78, 5) is 14.0. The smallest absolute Gasteiger partial charge is 0.540 e. The second-order valence-electron chi connectivity index (χ2n) is 2.82. The fraction of sp³-hybridized carbons (Fsp3) is 0. The quantitative estimate of drug-likeness (QED) is 0.630. The molecule has 0 bridgehead atoms. The minimum absolute atomic E-state index is 0. The van der Waals surface area contributed by atoms with Crippen LogP contribution >= 0.6 is 15.9 Å². The molecule has 0 fully saturated rings. The summed E-state index contributed by atoms with van der Waals surface area (Å²) in [5.74, 6) is -1.42. The molecule has 0 aliphatic rings. The van der Waals surface area contributed by atoms with Crippen molar-refractivity contribution in [2.75, 3.05) is 0 Å². The number of carboxylic acids is 1. The van der Waals surface area contributed by atoms with E-state index >= 15 is 0 Å². The minimum atomic E-state index is -1.42. The van der Waals surface area contributed by atoms with Crippen molar-refractivity contribution in [3.8, 4) is 11.3 Å². The van der Waals surface area contributed by atoms with Gasteiger partial charge >= 0.3 is 29.6 Å². The number of halogens is 1. The van der Waals surface area contributed by atoms with Gasteiger partial charge in [-0.3, -0.25) is 0 Å².